The van der Waals surface area contributed by atoms with Gasteiger partial charge in [0.2, 0.25) is 0 Å². The lowest BCUT2D eigenvalue weighted by atomic mass is 10.1. The molecule has 0 saturated carbocycles. The zero-order chi connectivity index (χ0) is 15.4. The second kappa shape index (κ2) is 6.54. The topological polar surface area (TPSA) is 67.2 Å². The van der Waals surface area contributed by atoms with Gasteiger partial charge in [-0.3, -0.25) is 9.48 Å². The molecule has 1 aromatic heterocycles. The highest BCUT2D eigenvalue weighted by atomic mass is 16.3. The van der Waals surface area contributed by atoms with Crippen LogP contribution < -0.4 is 5.32 Å². The van der Waals surface area contributed by atoms with Crippen molar-refractivity contribution in [3.63, 3.8) is 0 Å². The minimum Gasteiger partial charge on any atom is -0.387 e. The van der Waals surface area contributed by atoms with Gasteiger partial charge in [0.05, 0.1) is 11.8 Å². The van der Waals surface area contributed by atoms with Gasteiger partial charge in [-0.1, -0.05) is 44.2 Å². The van der Waals surface area contributed by atoms with Crippen LogP contribution in [0.4, 0.5) is 0 Å². The molecular weight excluding hydrogens is 266 g/mol. The van der Waals surface area contributed by atoms with Crippen LogP contribution in [0.5, 0.6) is 0 Å². The van der Waals surface area contributed by atoms with Crippen LogP contribution >= 0.6 is 0 Å². The molecular formula is C16H21N3O2. The molecule has 0 saturated heterocycles. The fourth-order valence-corrected chi connectivity index (χ4v) is 2.06. The van der Waals surface area contributed by atoms with Crippen LogP contribution in [0.1, 0.15) is 47.6 Å². The van der Waals surface area contributed by atoms with Crippen molar-refractivity contribution in [2.75, 3.05) is 6.54 Å². The Kier molecular flexibility index (Phi) is 4.75. The van der Waals surface area contributed by atoms with Gasteiger partial charge in [-0.15, -0.1) is 0 Å². The third-order valence-electron chi connectivity index (χ3n) is 3.36. The molecule has 1 atom stereocenters. The Hall–Kier alpha value is -2.14. The van der Waals surface area contributed by atoms with E-state index in [1.54, 1.807) is 17.8 Å². The van der Waals surface area contributed by atoms with Crippen molar-refractivity contribution in [2.45, 2.75) is 25.9 Å². The molecule has 2 N–H and O–H groups in total. The maximum atomic E-state index is 12.2. The second-order valence-electron chi connectivity index (χ2n) is 5.37. The largest absolute Gasteiger partial charge is 0.387 e. The van der Waals surface area contributed by atoms with E-state index in [-0.39, 0.29) is 18.4 Å². The average Bonchev–Trinajstić information content (AvgIpc) is 2.87. The minimum atomic E-state index is -0.715. The number of nitrogens with zero attached hydrogens (tertiary/aromatic N) is 2. The van der Waals surface area contributed by atoms with Crippen molar-refractivity contribution in [1.29, 1.82) is 0 Å². The molecule has 1 heterocycles. The number of carbonyl (C=O) groups excluding carboxylic acids is 1. The van der Waals surface area contributed by atoms with E-state index >= 15 is 0 Å². The zero-order valence-electron chi connectivity index (χ0n) is 12.6. The number of benzene rings is 1. The van der Waals surface area contributed by atoms with E-state index < -0.39 is 6.10 Å². The Balaban J connectivity index is 1.99. The molecule has 5 heteroatoms. The maximum Gasteiger partial charge on any atom is 0.269 e. The van der Waals surface area contributed by atoms with Gasteiger partial charge in [0.15, 0.2) is 0 Å². The predicted molar refractivity (Wildman–Crippen MR) is 81.0 cm³/mol. The summed E-state index contributed by atoms with van der Waals surface area (Å²) >= 11 is 0. The minimum absolute atomic E-state index is 0.172. The highest BCUT2D eigenvalue weighted by molar-refractivity contribution is 5.92. The first kappa shape index (κ1) is 15.3. The highest BCUT2D eigenvalue weighted by Crippen LogP contribution is 2.14. The van der Waals surface area contributed by atoms with Crippen LogP contribution in [0.25, 0.3) is 0 Å². The molecule has 5 nitrogen and oxygen atoms in total. The van der Waals surface area contributed by atoms with E-state index in [1.165, 1.54) is 0 Å². The van der Waals surface area contributed by atoms with Gasteiger partial charge < -0.3 is 10.4 Å². The lowest BCUT2D eigenvalue weighted by molar-refractivity contribution is 0.0907. The Morgan fingerprint density at radius 3 is 2.57 bits per heavy atom. The van der Waals surface area contributed by atoms with Crippen LogP contribution in [0.2, 0.25) is 0 Å². The molecule has 0 radical (unpaired) electrons. The highest BCUT2D eigenvalue weighted by Gasteiger charge is 2.16. The Morgan fingerprint density at radius 2 is 2.00 bits per heavy atom. The van der Waals surface area contributed by atoms with Crippen LogP contribution in [-0.4, -0.2) is 27.3 Å². The van der Waals surface area contributed by atoms with Gasteiger partial charge in [-0.2, -0.15) is 5.10 Å². The Bertz CT molecular complexity index is 605. The van der Waals surface area contributed by atoms with Crippen LogP contribution in [-0.2, 0) is 7.05 Å². The summed E-state index contributed by atoms with van der Waals surface area (Å²) in [4.78, 5) is 12.2. The number of aliphatic hydroxyl groups is 1. The number of nitrogens with one attached hydrogen (secondary N) is 1. The molecule has 21 heavy (non-hydrogen) atoms. The summed E-state index contributed by atoms with van der Waals surface area (Å²) < 4.78 is 1.57. The number of hydrogen-bond donors (Lipinski definition) is 2. The molecule has 1 aromatic carbocycles. The summed E-state index contributed by atoms with van der Waals surface area (Å²) in [5.74, 6) is 0.0412. The quantitative estimate of drug-likeness (QED) is 0.884. The average molecular weight is 287 g/mol. The summed E-state index contributed by atoms with van der Waals surface area (Å²) in [7, 11) is 1.74. The Morgan fingerprint density at radius 1 is 1.33 bits per heavy atom. The molecule has 0 spiro atoms. The molecule has 2 rings (SSSR count). The summed E-state index contributed by atoms with van der Waals surface area (Å²) in [5, 5.41) is 17.1. The van der Waals surface area contributed by atoms with E-state index in [9.17, 15) is 9.90 Å². The summed E-state index contributed by atoms with van der Waals surface area (Å²) in [6, 6.07) is 11.1. The molecule has 0 unspecified atom stereocenters. The van der Waals surface area contributed by atoms with Gasteiger partial charge in [0.1, 0.15) is 5.69 Å². The molecule has 0 aliphatic heterocycles. The van der Waals surface area contributed by atoms with Gasteiger partial charge in [-0.25, -0.2) is 0 Å². The number of amides is 1. The second-order valence-corrected chi connectivity index (χ2v) is 5.37. The molecule has 0 aliphatic rings. The van der Waals surface area contributed by atoms with Crippen LogP contribution in [0.3, 0.4) is 0 Å². The fourth-order valence-electron chi connectivity index (χ4n) is 2.06. The first-order valence-electron chi connectivity index (χ1n) is 7.04. The molecule has 0 aliphatic carbocycles. The number of carbonyl (C=O) groups is 1. The predicted octanol–water partition coefficient (Wildman–Crippen LogP) is 2.01. The molecule has 0 fully saturated rings. The van der Waals surface area contributed by atoms with E-state index in [1.807, 2.05) is 44.2 Å². The van der Waals surface area contributed by atoms with Crippen molar-refractivity contribution in [2.24, 2.45) is 7.05 Å². The number of aryl methyl sites for hydroxylation is 1. The third kappa shape index (κ3) is 3.70. The third-order valence-corrected chi connectivity index (χ3v) is 3.36. The van der Waals surface area contributed by atoms with Crippen LogP contribution in [0, 0.1) is 0 Å². The van der Waals surface area contributed by atoms with Crippen molar-refractivity contribution in [3.05, 3.63) is 53.3 Å². The Labute approximate surface area is 124 Å². The van der Waals surface area contributed by atoms with E-state index in [0.29, 0.717) is 5.69 Å². The van der Waals surface area contributed by atoms with E-state index in [2.05, 4.69) is 10.4 Å². The van der Waals surface area contributed by atoms with Gasteiger partial charge in [-0.05, 0) is 17.5 Å². The smallest absolute Gasteiger partial charge is 0.269 e. The van der Waals surface area contributed by atoms with Gasteiger partial charge >= 0.3 is 0 Å². The van der Waals surface area contributed by atoms with Crippen molar-refractivity contribution >= 4 is 5.91 Å². The van der Waals surface area contributed by atoms with Crippen molar-refractivity contribution < 1.29 is 9.90 Å². The maximum absolute atomic E-state index is 12.2. The fraction of sp³-hybridized carbons (Fsp3) is 0.375. The van der Waals surface area contributed by atoms with Gasteiger partial charge in [0.25, 0.3) is 5.91 Å². The number of rotatable bonds is 5. The lowest BCUT2D eigenvalue weighted by Gasteiger charge is -2.12. The first-order chi connectivity index (χ1) is 9.99. The van der Waals surface area contributed by atoms with Crippen molar-refractivity contribution in [3.8, 4) is 0 Å². The number of aromatic nitrogens is 2. The normalized spacial score (nSPS) is 12.4. The number of hydrogen-bond acceptors (Lipinski definition) is 3. The summed E-state index contributed by atoms with van der Waals surface area (Å²) in [6.45, 7) is 4.23. The summed E-state index contributed by atoms with van der Waals surface area (Å²) in [5.41, 5.74) is 2.16. The summed E-state index contributed by atoms with van der Waals surface area (Å²) in [6.07, 6.45) is -0.715. The SMILES string of the molecule is CC(C)c1cc(C(=O)NC[C@@H](O)c2ccccc2)n(C)n1. The molecule has 1 amide bonds. The molecule has 112 valence electrons. The first-order valence-corrected chi connectivity index (χ1v) is 7.04. The van der Waals surface area contributed by atoms with Gasteiger partial charge in [0, 0.05) is 13.6 Å². The lowest BCUT2D eigenvalue weighted by Crippen LogP contribution is -2.29. The standard InChI is InChI=1S/C16H21N3O2/c1-11(2)13-9-14(19(3)18-13)16(21)17-10-15(20)12-7-5-4-6-8-12/h4-9,11,15,20H,10H2,1-3H3,(H,17,21)/t15-/m1/s1. The van der Waals surface area contributed by atoms with E-state index in [4.69, 9.17) is 0 Å². The van der Waals surface area contributed by atoms with Crippen LogP contribution in [0.15, 0.2) is 36.4 Å². The zero-order valence-corrected chi connectivity index (χ0v) is 12.6. The molecule has 0 bridgehead atoms. The van der Waals surface area contributed by atoms with Crippen molar-refractivity contribution in [1.82, 2.24) is 15.1 Å². The molecule has 2 aromatic rings. The number of aliphatic hydroxyl groups excluding tert-OH is 1. The van der Waals surface area contributed by atoms with E-state index in [0.717, 1.165) is 11.3 Å². The monoisotopic (exact) mass is 287 g/mol.